The molecule has 1 heterocycles. The van der Waals surface area contributed by atoms with Crippen LogP contribution in [-0.4, -0.2) is 16.7 Å². The molecule has 0 aromatic heterocycles. The van der Waals surface area contributed by atoms with Crippen molar-refractivity contribution in [3.63, 3.8) is 0 Å². The second kappa shape index (κ2) is 2.59. The van der Waals surface area contributed by atoms with E-state index in [-0.39, 0.29) is 11.7 Å². The van der Waals surface area contributed by atoms with Gasteiger partial charge in [-0.15, -0.1) is 0 Å². The van der Waals surface area contributed by atoms with Gasteiger partial charge in [-0.2, -0.15) is 0 Å². The second-order valence-electron chi connectivity index (χ2n) is 3.56. The molecule has 1 aliphatic rings. The molecule has 0 saturated heterocycles. The van der Waals surface area contributed by atoms with E-state index in [2.05, 4.69) is 0 Å². The Hall–Kier alpha value is -0.830. The van der Waals surface area contributed by atoms with Gasteiger partial charge in [-0.05, 0) is 6.92 Å². The van der Waals surface area contributed by atoms with Gasteiger partial charge in [0.2, 0.25) is 5.78 Å². The number of hydrogen-bond acceptors (Lipinski definition) is 3. The van der Waals surface area contributed by atoms with Gasteiger partial charge in [-0.3, -0.25) is 4.79 Å². The van der Waals surface area contributed by atoms with Crippen molar-refractivity contribution in [2.24, 2.45) is 5.92 Å². The molecule has 0 radical (unpaired) electrons. The first-order valence-corrected chi connectivity index (χ1v) is 4.03. The number of carbonyl (C=O) groups is 1. The van der Waals surface area contributed by atoms with Crippen LogP contribution in [0.2, 0.25) is 0 Å². The first kappa shape index (κ1) is 9.26. The highest BCUT2D eigenvalue weighted by Crippen LogP contribution is 2.32. The highest BCUT2D eigenvalue weighted by molar-refractivity contribution is 6.02. The molecule has 1 rings (SSSR count). The molecule has 0 aromatic carbocycles. The van der Waals surface area contributed by atoms with Gasteiger partial charge in [0.15, 0.2) is 0 Å². The molecule has 0 aromatic rings. The summed E-state index contributed by atoms with van der Waals surface area (Å²) in [7, 11) is 0. The van der Waals surface area contributed by atoms with Gasteiger partial charge in [-0.25, -0.2) is 0 Å². The van der Waals surface area contributed by atoms with Crippen LogP contribution in [0.25, 0.3) is 0 Å². The average Bonchev–Trinajstić information content (AvgIpc) is 2.14. The van der Waals surface area contributed by atoms with Crippen molar-refractivity contribution in [2.45, 2.75) is 33.5 Å². The van der Waals surface area contributed by atoms with Gasteiger partial charge in [0, 0.05) is 18.4 Å². The lowest BCUT2D eigenvalue weighted by atomic mass is 10.0. The van der Waals surface area contributed by atoms with Crippen LogP contribution in [0, 0.1) is 5.92 Å². The Morgan fingerprint density at radius 2 is 2.00 bits per heavy atom. The molecule has 0 saturated carbocycles. The fourth-order valence-electron chi connectivity index (χ4n) is 1.35. The topological polar surface area (TPSA) is 46.5 Å². The van der Waals surface area contributed by atoms with Crippen molar-refractivity contribution in [1.29, 1.82) is 0 Å². The first-order valence-electron chi connectivity index (χ1n) is 4.03. The van der Waals surface area contributed by atoms with Crippen molar-refractivity contribution in [1.82, 2.24) is 0 Å². The maximum Gasteiger partial charge on any atom is 0.269 e. The highest BCUT2D eigenvalue weighted by atomic mass is 16.6. The Labute approximate surface area is 72.0 Å². The summed E-state index contributed by atoms with van der Waals surface area (Å²) in [6, 6.07) is 0. The van der Waals surface area contributed by atoms with Crippen molar-refractivity contribution in [2.75, 3.05) is 0 Å². The minimum atomic E-state index is -1.64. The summed E-state index contributed by atoms with van der Waals surface area (Å²) in [4.78, 5) is 11.3. The maximum absolute atomic E-state index is 11.3. The third-order valence-electron chi connectivity index (χ3n) is 1.96. The van der Waals surface area contributed by atoms with Gasteiger partial charge in [0.05, 0.1) is 0 Å². The van der Waals surface area contributed by atoms with E-state index in [1.54, 1.807) is 6.92 Å². The van der Waals surface area contributed by atoms with Crippen LogP contribution in [0.3, 0.4) is 0 Å². The summed E-state index contributed by atoms with van der Waals surface area (Å²) < 4.78 is 5.12. The molecule has 3 heteroatoms. The normalized spacial score (nSPS) is 30.0. The SMILES string of the molecule is CC1=C(C(C)C)OC(C)(O)C1=O. The fourth-order valence-corrected chi connectivity index (χ4v) is 1.35. The number of Topliss-reactive ketones (excluding diaryl/α,β-unsaturated/α-hetero) is 1. The monoisotopic (exact) mass is 170 g/mol. The van der Waals surface area contributed by atoms with Crippen LogP contribution in [0.1, 0.15) is 27.7 Å². The highest BCUT2D eigenvalue weighted by Gasteiger charge is 2.42. The first-order chi connectivity index (χ1) is 5.36. The van der Waals surface area contributed by atoms with E-state index < -0.39 is 5.79 Å². The summed E-state index contributed by atoms with van der Waals surface area (Å²) >= 11 is 0. The molecule has 1 aliphatic heterocycles. The Morgan fingerprint density at radius 1 is 1.50 bits per heavy atom. The molecular formula is C9H14O3. The predicted molar refractivity (Wildman–Crippen MR) is 44.3 cm³/mol. The summed E-state index contributed by atoms with van der Waals surface area (Å²) in [5, 5.41) is 9.44. The molecule has 0 bridgehead atoms. The molecule has 0 amide bonds. The minimum Gasteiger partial charge on any atom is -0.459 e. The number of carbonyl (C=O) groups excluding carboxylic acids is 1. The fraction of sp³-hybridized carbons (Fsp3) is 0.667. The molecule has 12 heavy (non-hydrogen) atoms. The van der Waals surface area contributed by atoms with Crippen LogP contribution in [0.15, 0.2) is 11.3 Å². The molecular weight excluding hydrogens is 156 g/mol. The Morgan fingerprint density at radius 3 is 2.17 bits per heavy atom. The number of rotatable bonds is 1. The van der Waals surface area contributed by atoms with E-state index in [1.165, 1.54) is 6.92 Å². The minimum absolute atomic E-state index is 0.142. The van der Waals surface area contributed by atoms with Crippen molar-refractivity contribution >= 4 is 5.78 Å². The number of hydrogen-bond donors (Lipinski definition) is 1. The molecule has 1 N–H and O–H groups in total. The molecule has 0 aliphatic carbocycles. The van der Waals surface area contributed by atoms with Gasteiger partial charge < -0.3 is 9.84 Å². The summed E-state index contributed by atoms with van der Waals surface area (Å²) in [5.41, 5.74) is 0.537. The molecule has 0 spiro atoms. The lowest BCUT2D eigenvalue weighted by Gasteiger charge is -2.17. The van der Waals surface area contributed by atoms with Gasteiger partial charge >= 0.3 is 0 Å². The lowest BCUT2D eigenvalue weighted by Crippen LogP contribution is -2.32. The van der Waals surface area contributed by atoms with E-state index >= 15 is 0 Å². The smallest absolute Gasteiger partial charge is 0.269 e. The van der Waals surface area contributed by atoms with E-state index in [0.717, 1.165) is 0 Å². The number of ether oxygens (including phenoxy) is 1. The van der Waals surface area contributed by atoms with E-state index in [1.807, 2.05) is 13.8 Å². The maximum atomic E-state index is 11.3. The van der Waals surface area contributed by atoms with Gasteiger partial charge in [0.1, 0.15) is 5.76 Å². The third-order valence-corrected chi connectivity index (χ3v) is 1.96. The zero-order chi connectivity index (χ0) is 9.52. The number of ketones is 1. The van der Waals surface area contributed by atoms with E-state index in [0.29, 0.717) is 11.3 Å². The van der Waals surface area contributed by atoms with Crippen LogP contribution in [0.5, 0.6) is 0 Å². The van der Waals surface area contributed by atoms with Crippen LogP contribution < -0.4 is 0 Å². The number of aliphatic hydroxyl groups is 1. The van der Waals surface area contributed by atoms with Crippen LogP contribution >= 0.6 is 0 Å². The number of allylic oxidation sites excluding steroid dienone is 1. The largest absolute Gasteiger partial charge is 0.459 e. The van der Waals surface area contributed by atoms with Crippen molar-refractivity contribution in [3.8, 4) is 0 Å². The average molecular weight is 170 g/mol. The summed E-state index contributed by atoms with van der Waals surface area (Å²) in [5.74, 6) is -1.22. The van der Waals surface area contributed by atoms with Crippen LogP contribution in [0.4, 0.5) is 0 Å². The standard InChI is InChI=1S/C9H14O3/c1-5(2)7-6(3)8(10)9(4,11)12-7/h5,11H,1-4H3. The molecule has 1 atom stereocenters. The predicted octanol–water partition coefficient (Wildman–Crippen LogP) is 1.22. The van der Waals surface area contributed by atoms with Crippen molar-refractivity contribution < 1.29 is 14.6 Å². The molecule has 1 unspecified atom stereocenters. The zero-order valence-electron chi connectivity index (χ0n) is 7.84. The summed E-state index contributed by atoms with van der Waals surface area (Å²) in [6.45, 7) is 6.90. The second-order valence-corrected chi connectivity index (χ2v) is 3.56. The van der Waals surface area contributed by atoms with Gasteiger partial charge in [-0.1, -0.05) is 13.8 Å². The lowest BCUT2D eigenvalue weighted by molar-refractivity contribution is -0.171. The van der Waals surface area contributed by atoms with E-state index in [4.69, 9.17) is 4.74 Å². The quantitative estimate of drug-likeness (QED) is 0.643. The van der Waals surface area contributed by atoms with Crippen molar-refractivity contribution in [3.05, 3.63) is 11.3 Å². The summed E-state index contributed by atoms with van der Waals surface area (Å²) in [6.07, 6.45) is 0. The molecule has 3 nitrogen and oxygen atoms in total. The molecule has 68 valence electrons. The van der Waals surface area contributed by atoms with Crippen LogP contribution in [-0.2, 0) is 9.53 Å². The Kier molecular flexibility index (Phi) is 2.00. The zero-order valence-corrected chi connectivity index (χ0v) is 7.84. The van der Waals surface area contributed by atoms with E-state index in [9.17, 15) is 9.90 Å². The Bertz CT molecular complexity index is 248. The third kappa shape index (κ3) is 1.25. The van der Waals surface area contributed by atoms with Gasteiger partial charge in [0.25, 0.3) is 5.79 Å². The Balaban J connectivity index is 3.00. The molecule has 0 fully saturated rings.